The van der Waals surface area contributed by atoms with Crippen LogP contribution in [0.5, 0.6) is 5.75 Å². The van der Waals surface area contributed by atoms with Gasteiger partial charge in [0, 0.05) is 11.1 Å². The molecule has 2 heterocycles. The molecule has 1 aliphatic heterocycles. The second-order valence-corrected chi connectivity index (χ2v) is 5.14. The molecule has 0 aliphatic carbocycles. The van der Waals surface area contributed by atoms with Crippen molar-refractivity contribution in [1.82, 2.24) is 14.9 Å². The van der Waals surface area contributed by atoms with Crippen LogP contribution in [-0.4, -0.2) is 10.2 Å². The molecule has 0 radical (unpaired) electrons. The summed E-state index contributed by atoms with van der Waals surface area (Å²) in [7, 11) is 0. The van der Waals surface area contributed by atoms with E-state index < -0.39 is 0 Å². The lowest BCUT2D eigenvalue weighted by Crippen LogP contribution is -2.22. The monoisotopic (exact) mass is 297 g/mol. The van der Waals surface area contributed by atoms with E-state index in [1.165, 1.54) is 12.2 Å². The largest absolute Gasteiger partial charge is 0.419 e. The average molecular weight is 297 g/mol. The van der Waals surface area contributed by atoms with Crippen molar-refractivity contribution in [3.05, 3.63) is 66.1 Å². The fourth-order valence-electron chi connectivity index (χ4n) is 2.21. The van der Waals surface area contributed by atoms with E-state index >= 15 is 0 Å². The predicted octanol–water partition coefficient (Wildman–Crippen LogP) is 3.37. The summed E-state index contributed by atoms with van der Waals surface area (Å²) in [4.78, 5) is 0. The molecule has 104 valence electrons. The van der Waals surface area contributed by atoms with Gasteiger partial charge in [0.1, 0.15) is 24.0 Å². The average Bonchev–Trinajstić information content (AvgIpc) is 3.05. The molecule has 1 aliphatic rings. The molecule has 0 fully saturated rings. The maximum atomic E-state index is 5.81. The Balaban J connectivity index is 1.71. The fourth-order valence-corrected chi connectivity index (χ4v) is 2.82. The standard InChI is InChI=1S/C15H11N3O2S/c1-2-6-10(7-3-1)14-16-17-15(19-14)13-11-8-4-5-9-12(11)20-21-18-13/h1-9,13,18H. The molecule has 4 rings (SSSR count). The first kappa shape index (κ1) is 12.4. The van der Waals surface area contributed by atoms with Gasteiger partial charge in [-0.3, -0.25) is 0 Å². The number of hydrogen-bond donors (Lipinski definition) is 1. The zero-order valence-corrected chi connectivity index (χ0v) is 11.7. The van der Waals surface area contributed by atoms with E-state index in [1.54, 1.807) is 0 Å². The van der Waals surface area contributed by atoms with Crippen LogP contribution in [-0.2, 0) is 0 Å². The van der Waals surface area contributed by atoms with E-state index in [4.69, 9.17) is 8.60 Å². The Morgan fingerprint density at radius 2 is 1.76 bits per heavy atom. The highest BCUT2D eigenvalue weighted by Crippen LogP contribution is 2.36. The molecule has 3 aromatic rings. The van der Waals surface area contributed by atoms with Crippen LogP contribution in [0, 0.1) is 0 Å². The minimum atomic E-state index is -0.176. The van der Waals surface area contributed by atoms with Gasteiger partial charge in [-0.1, -0.05) is 36.4 Å². The molecule has 0 amide bonds. The first-order valence-corrected chi connectivity index (χ1v) is 7.23. The zero-order valence-electron chi connectivity index (χ0n) is 10.9. The lowest BCUT2D eigenvalue weighted by Gasteiger charge is -2.22. The molecule has 1 aromatic heterocycles. The molecule has 0 spiro atoms. The predicted molar refractivity (Wildman–Crippen MR) is 79.4 cm³/mol. The Morgan fingerprint density at radius 3 is 2.67 bits per heavy atom. The summed E-state index contributed by atoms with van der Waals surface area (Å²) in [5, 5.41) is 8.29. The van der Waals surface area contributed by atoms with Gasteiger partial charge in [0.25, 0.3) is 0 Å². The molecule has 21 heavy (non-hydrogen) atoms. The van der Waals surface area contributed by atoms with E-state index in [1.807, 2.05) is 54.6 Å². The number of para-hydroxylation sites is 1. The molecule has 2 aromatic carbocycles. The van der Waals surface area contributed by atoms with Crippen LogP contribution in [0.25, 0.3) is 11.5 Å². The lowest BCUT2D eigenvalue weighted by atomic mass is 10.1. The molecular formula is C15H11N3O2S. The summed E-state index contributed by atoms with van der Waals surface area (Å²) in [6.07, 6.45) is 0. The van der Waals surface area contributed by atoms with Crippen molar-refractivity contribution < 1.29 is 8.60 Å². The van der Waals surface area contributed by atoms with E-state index in [0.717, 1.165) is 16.9 Å². The van der Waals surface area contributed by atoms with Gasteiger partial charge in [-0.05, 0) is 18.2 Å². The van der Waals surface area contributed by atoms with Gasteiger partial charge in [0.2, 0.25) is 11.8 Å². The van der Waals surface area contributed by atoms with Gasteiger partial charge in [-0.2, -0.15) is 0 Å². The molecule has 1 unspecified atom stereocenters. The molecule has 0 bridgehead atoms. The normalized spacial score (nSPS) is 17.0. The third-order valence-electron chi connectivity index (χ3n) is 3.24. The number of rotatable bonds is 2. The Hall–Kier alpha value is -2.31. The fraction of sp³-hybridized carbons (Fsp3) is 0.0667. The van der Waals surface area contributed by atoms with Gasteiger partial charge < -0.3 is 8.60 Å². The summed E-state index contributed by atoms with van der Waals surface area (Å²) in [6.45, 7) is 0. The van der Waals surface area contributed by atoms with E-state index in [-0.39, 0.29) is 6.04 Å². The molecule has 0 saturated carbocycles. The summed E-state index contributed by atoms with van der Waals surface area (Å²) in [5.74, 6) is 1.85. The highest BCUT2D eigenvalue weighted by Gasteiger charge is 2.28. The zero-order chi connectivity index (χ0) is 14.1. The molecular weight excluding hydrogens is 286 g/mol. The summed E-state index contributed by atoms with van der Waals surface area (Å²) >= 11 is 1.17. The minimum Gasteiger partial charge on any atom is -0.419 e. The second kappa shape index (κ2) is 5.23. The number of hydrogen-bond acceptors (Lipinski definition) is 6. The summed E-state index contributed by atoms with van der Waals surface area (Å²) in [6, 6.07) is 17.3. The Morgan fingerprint density at radius 1 is 0.952 bits per heavy atom. The van der Waals surface area contributed by atoms with Crippen LogP contribution in [0.15, 0.2) is 59.0 Å². The third-order valence-corrected chi connectivity index (χ3v) is 3.83. The lowest BCUT2D eigenvalue weighted by molar-refractivity contribution is 0.455. The van der Waals surface area contributed by atoms with Gasteiger partial charge in [0.15, 0.2) is 0 Å². The van der Waals surface area contributed by atoms with Gasteiger partial charge in [-0.25, -0.2) is 4.72 Å². The van der Waals surface area contributed by atoms with E-state index in [9.17, 15) is 0 Å². The highest BCUT2D eigenvalue weighted by atomic mass is 32.2. The van der Waals surface area contributed by atoms with Gasteiger partial charge >= 0.3 is 0 Å². The van der Waals surface area contributed by atoms with Crippen molar-refractivity contribution in [2.45, 2.75) is 6.04 Å². The smallest absolute Gasteiger partial charge is 0.247 e. The number of nitrogens with one attached hydrogen (secondary N) is 1. The highest BCUT2D eigenvalue weighted by molar-refractivity contribution is 7.93. The molecule has 0 saturated heterocycles. The van der Waals surface area contributed by atoms with Crippen LogP contribution in [0.2, 0.25) is 0 Å². The van der Waals surface area contributed by atoms with Gasteiger partial charge in [-0.15, -0.1) is 10.2 Å². The first-order valence-electron chi connectivity index (χ1n) is 6.48. The number of aromatic nitrogens is 2. The second-order valence-electron chi connectivity index (χ2n) is 4.57. The van der Waals surface area contributed by atoms with E-state index in [0.29, 0.717) is 11.8 Å². The third kappa shape index (κ3) is 2.28. The van der Waals surface area contributed by atoms with Crippen molar-refractivity contribution in [3.8, 4) is 17.2 Å². The van der Waals surface area contributed by atoms with Crippen LogP contribution in [0.4, 0.5) is 0 Å². The Labute approximate surface area is 125 Å². The van der Waals surface area contributed by atoms with E-state index in [2.05, 4.69) is 14.9 Å². The SMILES string of the molecule is c1ccc(-c2nnc(C3NSOc4ccccc43)o2)cc1. The van der Waals surface area contributed by atoms with Crippen LogP contribution in [0.3, 0.4) is 0 Å². The first-order chi connectivity index (χ1) is 10.4. The van der Waals surface area contributed by atoms with Crippen molar-refractivity contribution in [1.29, 1.82) is 0 Å². The molecule has 1 N–H and O–H groups in total. The maximum Gasteiger partial charge on any atom is 0.247 e. The van der Waals surface area contributed by atoms with Gasteiger partial charge in [0.05, 0.1) is 0 Å². The molecule has 1 atom stereocenters. The van der Waals surface area contributed by atoms with Crippen LogP contribution in [0.1, 0.15) is 17.5 Å². The number of nitrogens with zero attached hydrogens (tertiary/aromatic N) is 2. The Bertz CT molecular complexity index is 760. The van der Waals surface area contributed by atoms with Crippen molar-refractivity contribution in [3.63, 3.8) is 0 Å². The number of benzene rings is 2. The van der Waals surface area contributed by atoms with Crippen molar-refractivity contribution >= 4 is 12.2 Å². The quantitative estimate of drug-likeness (QED) is 0.578. The maximum absolute atomic E-state index is 5.81. The van der Waals surface area contributed by atoms with Crippen molar-refractivity contribution in [2.75, 3.05) is 0 Å². The van der Waals surface area contributed by atoms with Crippen LogP contribution < -0.4 is 8.91 Å². The van der Waals surface area contributed by atoms with Crippen molar-refractivity contribution in [2.24, 2.45) is 0 Å². The number of fused-ring (bicyclic) bond motifs is 1. The summed E-state index contributed by atoms with van der Waals surface area (Å²) in [5.41, 5.74) is 1.89. The summed E-state index contributed by atoms with van der Waals surface area (Å²) < 4.78 is 14.4. The molecule has 5 nitrogen and oxygen atoms in total. The minimum absolute atomic E-state index is 0.176. The molecule has 6 heteroatoms. The van der Waals surface area contributed by atoms with Crippen LogP contribution >= 0.6 is 12.2 Å². The Kier molecular flexibility index (Phi) is 3.10. The topological polar surface area (TPSA) is 60.2 Å².